The maximum atomic E-state index is 8.76. The fourth-order valence-electron chi connectivity index (χ4n) is 1.82. The average molecular weight is 217 g/mol. The van der Waals surface area contributed by atoms with E-state index in [0.717, 1.165) is 25.9 Å². The SMILES string of the molecule is CN1CCC(Oc2cc(C#N)ccn2)CC1. The van der Waals surface area contributed by atoms with E-state index >= 15 is 0 Å². The van der Waals surface area contributed by atoms with Gasteiger partial charge >= 0.3 is 0 Å². The molecule has 2 rings (SSSR count). The summed E-state index contributed by atoms with van der Waals surface area (Å²) in [6, 6.07) is 5.46. The van der Waals surface area contributed by atoms with E-state index in [-0.39, 0.29) is 6.10 Å². The molecular weight excluding hydrogens is 202 g/mol. The molecule has 0 N–H and O–H groups in total. The molecule has 1 aliphatic heterocycles. The smallest absolute Gasteiger partial charge is 0.214 e. The highest BCUT2D eigenvalue weighted by atomic mass is 16.5. The predicted molar refractivity (Wildman–Crippen MR) is 60.1 cm³/mol. The standard InChI is InChI=1S/C12H15N3O/c1-15-6-3-11(4-7-15)16-12-8-10(9-13)2-5-14-12/h2,5,8,11H,3-4,6-7H2,1H3. The normalized spacial score (nSPS) is 18.0. The van der Waals surface area contributed by atoms with E-state index < -0.39 is 0 Å². The maximum Gasteiger partial charge on any atom is 0.214 e. The molecule has 2 heterocycles. The van der Waals surface area contributed by atoms with Crippen LogP contribution < -0.4 is 4.74 Å². The minimum absolute atomic E-state index is 0.234. The van der Waals surface area contributed by atoms with Gasteiger partial charge in [0.25, 0.3) is 0 Å². The first-order chi connectivity index (χ1) is 7.78. The molecule has 0 aliphatic carbocycles. The summed E-state index contributed by atoms with van der Waals surface area (Å²) in [5.41, 5.74) is 0.595. The third kappa shape index (κ3) is 2.71. The number of nitrogens with zero attached hydrogens (tertiary/aromatic N) is 3. The zero-order chi connectivity index (χ0) is 11.4. The zero-order valence-electron chi connectivity index (χ0n) is 9.39. The van der Waals surface area contributed by atoms with E-state index in [9.17, 15) is 0 Å². The van der Waals surface area contributed by atoms with Crippen LogP contribution in [0.25, 0.3) is 0 Å². The van der Waals surface area contributed by atoms with Crippen molar-refractivity contribution in [2.75, 3.05) is 20.1 Å². The summed E-state index contributed by atoms with van der Waals surface area (Å²) in [7, 11) is 2.12. The van der Waals surface area contributed by atoms with Gasteiger partial charge in [0, 0.05) is 25.4 Å². The average Bonchev–Trinajstić information content (AvgIpc) is 2.32. The van der Waals surface area contributed by atoms with E-state index in [4.69, 9.17) is 10.00 Å². The highest BCUT2D eigenvalue weighted by molar-refractivity contribution is 5.31. The maximum absolute atomic E-state index is 8.76. The Labute approximate surface area is 95.5 Å². The Morgan fingerprint density at radius 3 is 2.94 bits per heavy atom. The topological polar surface area (TPSA) is 49.1 Å². The summed E-state index contributed by atoms with van der Waals surface area (Å²) < 4.78 is 5.76. The van der Waals surface area contributed by atoms with Crippen molar-refractivity contribution >= 4 is 0 Å². The van der Waals surface area contributed by atoms with E-state index in [2.05, 4.69) is 23.0 Å². The minimum Gasteiger partial charge on any atom is -0.474 e. The number of likely N-dealkylation sites (tertiary alicyclic amines) is 1. The van der Waals surface area contributed by atoms with Crippen LogP contribution in [0.3, 0.4) is 0 Å². The van der Waals surface area contributed by atoms with Crippen LogP contribution in [0.4, 0.5) is 0 Å². The Morgan fingerprint density at radius 2 is 2.25 bits per heavy atom. The number of ether oxygens (including phenoxy) is 1. The lowest BCUT2D eigenvalue weighted by atomic mass is 10.1. The van der Waals surface area contributed by atoms with E-state index in [1.54, 1.807) is 18.3 Å². The van der Waals surface area contributed by atoms with Gasteiger partial charge in [-0.2, -0.15) is 5.26 Å². The molecule has 0 saturated carbocycles. The quantitative estimate of drug-likeness (QED) is 0.752. The summed E-state index contributed by atoms with van der Waals surface area (Å²) in [6.45, 7) is 2.12. The molecule has 4 heteroatoms. The lowest BCUT2D eigenvalue weighted by Crippen LogP contribution is -2.35. The van der Waals surface area contributed by atoms with E-state index in [1.165, 1.54) is 0 Å². The summed E-state index contributed by atoms with van der Waals surface area (Å²) in [6.07, 6.45) is 3.89. The first kappa shape index (κ1) is 10.9. The van der Waals surface area contributed by atoms with Gasteiger partial charge < -0.3 is 9.64 Å². The first-order valence-electron chi connectivity index (χ1n) is 5.49. The molecule has 0 unspecified atom stereocenters. The Kier molecular flexibility index (Phi) is 3.37. The molecular formula is C12H15N3O. The molecule has 0 radical (unpaired) electrons. The Hall–Kier alpha value is -1.60. The monoisotopic (exact) mass is 217 g/mol. The van der Waals surface area contributed by atoms with Crippen molar-refractivity contribution in [2.24, 2.45) is 0 Å². The van der Waals surface area contributed by atoms with Crippen LogP contribution in [-0.2, 0) is 0 Å². The van der Waals surface area contributed by atoms with Crippen molar-refractivity contribution < 1.29 is 4.74 Å². The number of piperidine rings is 1. The Balaban J connectivity index is 1.96. The van der Waals surface area contributed by atoms with Gasteiger partial charge in [-0.1, -0.05) is 0 Å². The number of nitriles is 1. The third-order valence-electron chi connectivity index (χ3n) is 2.82. The van der Waals surface area contributed by atoms with Crippen molar-refractivity contribution in [2.45, 2.75) is 18.9 Å². The second-order valence-corrected chi connectivity index (χ2v) is 4.12. The molecule has 1 aromatic heterocycles. The van der Waals surface area contributed by atoms with Gasteiger partial charge in [-0.3, -0.25) is 0 Å². The van der Waals surface area contributed by atoms with Crippen LogP contribution in [0.15, 0.2) is 18.3 Å². The zero-order valence-corrected chi connectivity index (χ0v) is 9.39. The van der Waals surface area contributed by atoms with Crippen molar-refractivity contribution in [1.29, 1.82) is 5.26 Å². The molecule has 0 bridgehead atoms. The molecule has 0 spiro atoms. The Morgan fingerprint density at radius 1 is 1.50 bits per heavy atom. The van der Waals surface area contributed by atoms with Crippen molar-refractivity contribution in [3.05, 3.63) is 23.9 Å². The van der Waals surface area contributed by atoms with Crippen molar-refractivity contribution in [3.8, 4) is 11.9 Å². The molecule has 4 nitrogen and oxygen atoms in total. The van der Waals surface area contributed by atoms with Crippen molar-refractivity contribution in [1.82, 2.24) is 9.88 Å². The van der Waals surface area contributed by atoms with Crippen LogP contribution in [0.5, 0.6) is 5.88 Å². The molecule has 1 aromatic rings. The van der Waals surface area contributed by atoms with Gasteiger partial charge in [0.2, 0.25) is 5.88 Å². The van der Waals surface area contributed by atoms with Gasteiger partial charge in [0.1, 0.15) is 6.10 Å². The number of rotatable bonds is 2. The number of aromatic nitrogens is 1. The Bertz CT molecular complexity index is 391. The summed E-state index contributed by atoms with van der Waals surface area (Å²) in [5, 5.41) is 8.76. The van der Waals surface area contributed by atoms with Gasteiger partial charge in [0.15, 0.2) is 0 Å². The number of hydrogen-bond acceptors (Lipinski definition) is 4. The van der Waals surface area contributed by atoms with Gasteiger partial charge in [-0.15, -0.1) is 0 Å². The molecule has 0 atom stereocenters. The molecule has 1 aliphatic rings. The molecule has 1 saturated heterocycles. The number of pyridine rings is 1. The lowest BCUT2D eigenvalue weighted by molar-refractivity contribution is 0.110. The van der Waals surface area contributed by atoms with E-state index in [0.29, 0.717) is 11.4 Å². The van der Waals surface area contributed by atoms with Crippen LogP contribution in [0.1, 0.15) is 18.4 Å². The fraction of sp³-hybridized carbons (Fsp3) is 0.500. The van der Waals surface area contributed by atoms with Crippen LogP contribution >= 0.6 is 0 Å². The molecule has 0 amide bonds. The third-order valence-corrected chi connectivity index (χ3v) is 2.82. The summed E-state index contributed by atoms with van der Waals surface area (Å²) in [4.78, 5) is 6.40. The summed E-state index contributed by atoms with van der Waals surface area (Å²) in [5.74, 6) is 0.564. The summed E-state index contributed by atoms with van der Waals surface area (Å²) >= 11 is 0. The second kappa shape index (κ2) is 4.95. The highest BCUT2D eigenvalue weighted by Gasteiger charge is 2.18. The van der Waals surface area contributed by atoms with Gasteiger partial charge in [0.05, 0.1) is 11.6 Å². The van der Waals surface area contributed by atoms with E-state index in [1.807, 2.05) is 0 Å². The second-order valence-electron chi connectivity index (χ2n) is 4.12. The fourth-order valence-corrected chi connectivity index (χ4v) is 1.82. The highest BCUT2D eigenvalue weighted by Crippen LogP contribution is 2.16. The molecule has 16 heavy (non-hydrogen) atoms. The van der Waals surface area contributed by atoms with Gasteiger partial charge in [-0.05, 0) is 26.0 Å². The van der Waals surface area contributed by atoms with Crippen LogP contribution in [-0.4, -0.2) is 36.1 Å². The predicted octanol–water partition coefficient (Wildman–Crippen LogP) is 1.43. The number of hydrogen-bond donors (Lipinski definition) is 0. The minimum atomic E-state index is 0.234. The lowest BCUT2D eigenvalue weighted by Gasteiger charge is -2.28. The molecule has 1 fully saturated rings. The van der Waals surface area contributed by atoms with Crippen LogP contribution in [0.2, 0.25) is 0 Å². The van der Waals surface area contributed by atoms with Crippen molar-refractivity contribution in [3.63, 3.8) is 0 Å². The first-order valence-corrected chi connectivity index (χ1v) is 5.49. The molecule has 84 valence electrons. The largest absolute Gasteiger partial charge is 0.474 e. The molecule has 0 aromatic carbocycles. The van der Waals surface area contributed by atoms with Gasteiger partial charge in [-0.25, -0.2) is 4.98 Å². The van der Waals surface area contributed by atoms with Crippen LogP contribution in [0, 0.1) is 11.3 Å².